The van der Waals surface area contributed by atoms with Gasteiger partial charge in [0.25, 0.3) is 0 Å². The summed E-state index contributed by atoms with van der Waals surface area (Å²) in [6, 6.07) is 8.69. The van der Waals surface area contributed by atoms with Gasteiger partial charge in [-0.05, 0) is 24.6 Å². The van der Waals surface area contributed by atoms with Gasteiger partial charge >= 0.3 is 0 Å². The predicted molar refractivity (Wildman–Crippen MR) is 68.0 cm³/mol. The van der Waals surface area contributed by atoms with Crippen molar-refractivity contribution in [2.45, 2.75) is 19.5 Å². The Morgan fingerprint density at radius 2 is 2.12 bits per heavy atom. The molecule has 0 aliphatic heterocycles. The summed E-state index contributed by atoms with van der Waals surface area (Å²) < 4.78 is 1.11. The summed E-state index contributed by atoms with van der Waals surface area (Å²) in [5.41, 5.74) is 2.38. The van der Waals surface area contributed by atoms with E-state index in [0.29, 0.717) is 6.04 Å². The second-order valence-corrected chi connectivity index (χ2v) is 4.65. The quantitative estimate of drug-likeness (QED) is 0.903. The van der Waals surface area contributed by atoms with E-state index in [-0.39, 0.29) is 0 Å². The van der Waals surface area contributed by atoms with Gasteiger partial charge in [0.2, 0.25) is 0 Å². The molecule has 3 nitrogen and oxygen atoms in total. The maximum absolute atomic E-state index is 3.98. The molecule has 1 heterocycles. The predicted octanol–water partition coefficient (Wildman–Crippen LogP) is 3.02. The number of imidazole rings is 1. The molecule has 2 aromatic rings. The molecule has 1 aromatic carbocycles. The van der Waals surface area contributed by atoms with Crippen LogP contribution >= 0.6 is 15.9 Å². The van der Waals surface area contributed by atoms with E-state index >= 15 is 0 Å². The van der Waals surface area contributed by atoms with E-state index < -0.39 is 0 Å². The molecule has 0 radical (unpaired) electrons. The molecule has 1 atom stereocenters. The summed E-state index contributed by atoms with van der Waals surface area (Å²) in [6.07, 6.45) is 3.53. The van der Waals surface area contributed by atoms with Crippen molar-refractivity contribution in [3.63, 3.8) is 0 Å². The van der Waals surface area contributed by atoms with Gasteiger partial charge in [-0.15, -0.1) is 0 Å². The zero-order chi connectivity index (χ0) is 11.4. The van der Waals surface area contributed by atoms with Gasteiger partial charge in [-0.2, -0.15) is 0 Å². The van der Waals surface area contributed by atoms with Gasteiger partial charge in [0.1, 0.15) is 0 Å². The fourth-order valence-electron chi connectivity index (χ4n) is 1.51. The van der Waals surface area contributed by atoms with Crippen LogP contribution in [0.15, 0.2) is 41.3 Å². The molecule has 16 heavy (non-hydrogen) atoms. The molecule has 2 rings (SSSR count). The molecule has 0 saturated carbocycles. The summed E-state index contributed by atoms with van der Waals surface area (Å²) >= 11 is 3.43. The molecular formula is C12H14BrN3. The summed E-state index contributed by atoms with van der Waals surface area (Å²) in [7, 11) is 0. The van der Waals surface area contributed by atoms with Crippen molar-refractivity contribution < 1.29 is 0 Å². The highest BCUT2D eigenvalue weighted by atomic mass is 79.9. The lowest BCUT2D eigenvalue weighted by Gasteiger charge is -2.13. The Kier molecular flexibility index (Phi) is 3.74. The Morgan fingerprint density at radius 3 is 2.75 bits per heavy atom. The SMILES string of the molecule is CC(NCc1cnc[nH]1)c1ccc(Br)cc1. The molecule has 1 aromatic heterocycles. The average Bonchev–Trinajstić information content (AvgIpc) is 2.80. The van der Waals surface area contributed by atoms with Crippen LogP contribution in [0.4, 0.5) is 0 Å². The van der Waals surface area contributed by atoms with Gasteiger partial charge < -0.3 is 10.3 Å². The number of hydrogen-bond donors (Lipinski definition) is 2. The zero-order valence-corrected chi connectivity index (χ0v) is 10.7. The van der Waals surface area contributed by atoms with Crippen LogP contribution in [0.25, 0.3) is 0 Å². The normalized spacial score (nSPS) is 12.6. The Bertz CT molecular complexity index is 422. The van der Waals surface area contributed by atoms with E-state index in [1.165, 1.54) is 5.56 Å². The summed E-state index contributed by atoms with van der Waals surface area (Å²) in [4.78, 5) is 7.05. The van der Waals surface area contributed by atoms with Crippen LogP contribution in [-0.4, -0.2) is 9.97 Å². The first-order valence-corrected chi connectivity index (χ1v) is 6.01. The number of halogens is 1. The van der Waals surface area contributed by atoms with Crippen molar-refractivity contribution in [2.75, 3.05) is 0 Å². The van der Waals surface area contributed by atoms with Gasteiger partial charge in [-0.3, -0.25) is 0 Å². The van der Waals surface area contributed by atoms with Crippen LogP contribution in [0.5, 0.6) is 0 Å². The van der Waals surface area contributed by atoms with Crippen molar-refractivity contribution in [3.05, 3.63) is 52.5 Å². The Balaban J connectivity index is 1.93. The van der Waals surface area contributed by atoms with Crippen molar-refractivity contribution in [2.24, 2.45) is 0 Å². The molecule has 1 unspecified atom stereocenters. The number of aromatic amines is 1. The molecular weight excluding hydrogens is 266 g/mol. The number of H-pyrrole nitrogens is 1. The van der Waals surface area contributed by atoms with Crippen molar-refractivity contribution in [1.29, 1.82) is 0 Å². The number of hydrogen-bond acceptors (Lipinski definition) is 2. The van der Waals surface area contributed by atoms with Gasteiger partial charge in [-0.1, -0.05) is 28.1 Å². The molecule has 0 saturated heterocycles. The third-order valence-corrected chi connectivity index (χ3v) is 3.05. The second-order valence-electron chi connectivity index (χ2n) is 3.73. The van der Waals surface area contributed by atoms with E-state index in [1.807, 2.05) is 6.20 Å². The first kappa shape index (κ1) is 11.4. The minimum atomic E-state index is 0.330. The Morgan fingerprint density at radius 1 is 1.38 bits per heavy atom. The summed E-state index contributed by atoms with van der Waals surface area (Å²) in [5.74, 6) is 0. The minimum absolute atomic E-state index is 0.330. The first-order valence-electron chi connectivity index (χ1n) is 5.22. The lowest BCUT2D eigenvalue weighted by Crippen LogP contribution is -2.18. The molecule has 0 spiro atoms. The number of nitrogens with zero attached hydrogens (tertiary/aromatic N) is 1. The maximum atomic E-state index is 3.98. The van der Waals surface area contributed by atoms with Gasteiger partial charge in [-0.25, -0.2) is 4.98 Å². The Labute approximate surface area is 103 Å². The molecule has 0 aliphatic carbocycles. The van der Waals surface area contributed by atoms with Crippen molar-refractivity contribution >= 4 is 15.9 Å². The highest BCUT2D eigenvalue weighted by Gasteiger charge is 2.04. The maximum Gasteiger partial charge on any atom is 0.0922 e. The third kappa shape index (κ3) is 2.93. The van der Waals surface area contributed by atoms with Crippen molar-refractivity contribution in [1.82, 2.24) is 15.3 Å². The van der Waals surface area contributed by atoms with Crippen LogP contribution in [-0.2, 0) is 6.54 Å². The van der Waals surface area contributed by atoms with E-state index in [9.17, 15) is 0 Å². The van der Waals surface area contributed by atoms with E-state index in [0.717, 1.165) is 16.7 Å². The third-order valence-electron chi connectivity index (χ3n) is 2.52. The number of nitrogens with one attached hydrogen (secondary N) is 2. The van der Waals surface area contributed by atoms with Crippen LogP contribution in [0.1, 0.15) is 24.2 Å². The van der Waals surface area contributed by atoms with Crippen molar-refractivity contribution in [3.8, 4) is 0 Å². The molecule has 2 N–H and O–H groups in total. The van der Waals surface area contributed by atoms with Gasteiger partial charge in [0.15, 0.2) is 0 Å². The van der Waals surface area contributed by atoms with E-state index in [4.69, 9.17) is 0 Å². The largest absolute Gasteiger partial charge is 0.347 e. The minimum Gasteiger partial charge on any atom is -0.347 e. The van der Waals surface area contributed by atoms with Crippen LogP contribution < -0.4 is 5.32 Å². The number of aromatic nitrogens is 2. The zero-order valence-electron chi connectivity index (χ0n) is 9.07. The molecule has 0 fully saturated rings. The summed E-state index contributed by atoms with van der Waals surface area (Å²) in [5, 5.41) is 3.43. The van der Waals surface area contributed by atoms with Gasteiger partial charge in [0.05, 0.1) is 6.33 Å². The number of benzene rings is 1. The molecule has 0 bridgehead atoms. The average molecular weight is 280 g/mol. The standard InChI is InChI=1S/C12H14BrN3/c1-9(10-2-4-11(13)5-3-10)15-7-12-6-14-8-16-12/h2-6,8-9,15H,7H2,1H3,(H,14,16). The highest BCUT2D eigenvalue weighted by molar-refractivity contribution is 9.10. The smallest absolute Gasteiger partial charge is 0.0922 e. The molecule has 0 aliphatic rings. The van der Waals surface area contributed by atoms with E-state index in [1.54, 1.807) is 6.33 Å². The van der Waals surface area contributed by atoms with Crippen LogP contribution in [0, 0.1) is 0 Å². The number of rotatable bonds is 4. The fourth-order valence-corrected chi connectivity index (χ4v) is 1.78. The molecule has 0 amide bonds. The molecule has 84 valence electrons. The second kappa shape index (κ2) is 5.27. The fraction of sp³-hybridized carbons (Fsp3) is 0.250. The van der Waals surface area contributed by atoms with E-state index in [2.05, 4.69) is 62.4 Å². The lowest BCUT2D eigenvalue weighted by molar-refractivity contribution is 0.569. The topological polar surface area (TPSA) is 40.7 Å². The van der Waals surface area contributed by atoms with Crippen LogP contribution in [0.2, 0.25) is 0 Å². The Hall–Kier alpha value is -1.13. The monoisotopic (exact) mass is 279 g/mol. The first-order chi connectivity index (χ1) is 7.75. The summed E-state index contributed by atoms with van der Waals surface area (Å²) in [6.45, 7) is 2.96. The van der Waals surface area contributed by atoms with Crippen LogP contribution in [0.3, 0.4) is 0 Å². The van der Waals surface area contributed by atoms with Gasteiger partial charge in [0, 0.05) is 29.0 Å². The highest BCUT2D eigenvalue weighted by Crippen LogP contribution is 2.16. The lowest BCUT2D eigenvalue weighted by atomic mass is 10.1. The molecule has 4 heteroatoms.